The Morgan fingerprint density at radius 2 is 2.31 bits per heavy atom. The second-order valence-electron chi connectivity index (χ2n) is 5.28. The zero-order valence-electron chi connectivity index (χ0n) is 10.4. The van der Waals surface area contributed by atoms with Gasteiger partial charge in [-0.25, -0.2) is 0 Å². The molecule has 1 N–H and O–H groups in total. The Hall–Kier alpha value is -0.610. The quantitative estimate of drug-likeness (QED) is 0.775. The van der Waals surface area contributed by atoms with Crippen molar-refractivity contribution in [1.29, 1.82) is 0 Å². The summed E-state index contributed by atoms with van der Waals surface area (Å²) in [6, 6.07) is -0.00248. The van der Waals surface area contributed by atoms with Crippen LogP contribution in [-0.4, -0.2) is 42.8 Å². The fourth-order valence-corrected chi connectivity index (χ4v) is 2.52. The Labute approximate surface area is 97.3 Å². The van der Waals surface area contributed by atoms with Crippen LogP contribution in [0.3, 0.4) is 0 Å². The van der Waals surface area contributed by atoms with Crippen molar-refractivity contribution in [2.24, 2.45) is 11.8 Å². The predicted molar refractivity (Wildman–Crippen MR) is 61.9 cm³/mol. The molecule has 2 aliphatic rings. The van der Waals surface area contributed by atoms with Gasteiger partial charge in [0.05, 0.1) is 18.8 Å². The first-order valence-electron chi connectivity index (χ1n) is 6.24. The van der Waals surface area contributed by atoms with Crippen LogP contribution >= 0.6 is 0 Å². The summed E-state index contributed by atoms with van der Waals surface area (Å²) >= 11 is 0. The van der Waals surface area contributed by atoms with E-state index in [1.165, 1.54) is 0 Å². The Morgan fingerprint density at radius 1 is 1.56 bits per heavy atom. The largest absolute Gasteiger partial charge is 0.381 e. The third-order valence-electron chi connectivity index (χ3n) is 3.58. The van der Waals surface area contributed by atoms with Gasteiger partial charge in [0.15, 0.2) is 0 Å². The molecule has 0 saturated carbocycles. The number of carbonyl (C=O) groups excluding carboxylic acids is 1. The first-order chi connectivity index (χ1) is 7.59. The molecule has 2 aliphatic heterocycles. The van der Waals surface area contributed by atoms with E-state index in [9.17, 15) is 4.79 Å². The lowest BCUT2D eigenvalue weighted by Crippen LogP contribution is -2.38. The summed E-state index contributed by atoms with van der Waals surface area (Å²) in [7, 11) is 0. The van der Waals surface area contributed by atoms with Crippen LogP contribution < -0.4 is 5.32 Å². The fourth-order valence-electron chi connectivity index (χ4n) is 2.52. The number of carbonyl (C=O) groups is 1. The van der Waals surface area contributed by atoms with Crippen molar-refractivity contribution in [2.75, 3.05) is 19.8 Å². The van der Waals surface area contributed by atoms with Crippen LogP contribution in [0.5, 0.6) is 0 Å². The average molecular weight is 226 g/mol. The molecule has 0 aliphatic carbocycles. The van der Waals surface area contributed by atoms with Crippen LogP contribution in [0.25, 0.3) is 0 Å². The Kier molecular flexibility index (Phi) is 3.50. The number of nitrogens with one attached hydrogen (secondary N) is 1. The lowest BCUT2D eigenvalue weighted by Gasteiger charge is -2.23. The molecule has 1 amide bonds. The lowest BCUT2D eigenvalue weighted by atomic mass is 10.0. The smallest absolute Gasteiger partial charge is 0.241 e. The molecule has 4 heteroatoms. The molecule has 92 valence electrons. The molecule has 0 aromatic heterocycles. The molecule has 4 nitrogen and oxygen atoms in total. The molecular formula is C12H22N2O2. The van der Waals surface area contributed by atoms with Gasteiger partial charge in [0, 0.05) is 19.1 Å². The summed E-state index contributed by atoms with van der Waals surface area (Å²) in [4.78, 5) is 14.1. The van der Waals surface area contributed by atoms with Gasteiger partial charge in [-0.3, -0.25) is 10.1 Å². The van der Waals surface area contributed by atoms with Gasteiger partial charge in [0.1, 0.15) is 0 Å². The van der Waals surface area contributed by atoms with E-state index in [0.29, 0.717) is 11.8 Å². The molecule has 2 heterocycles. The number of nitrogens with zero attached hydrogens (tertiary/aromatic N) is 1. The van der Waals surface area contributed by atoms with Gasteiger partial charge < -0.3 is 9.64 Å². The molecule has 0 aromatic rings. The summed E-state index contributed by atoms with van der Waals surface area (Å²) in [5, 5.41) is 3.36. The van der Waals surface area contributed by atoms with E-state index < -0.39 is 0 Å². The van der Waals surface area contributed by atoms with Crippen molar-refractivity contribution in [2.45, 2.75) is 39.4 Å². The van der Waals surface area contributed by atoms with Gasteiger partial charge in [-0.1, -0.05) is 13.8 Å². The van der Waals surface area contributed by atoms with Crippen molar-refractivity contribution in [1.82, 2.24) is 10.2 Å². The Balaban J connectivity index is 1.96. The maximum absolute atomic E-state index is 12.2. The zero-order valence-corrected chi connectivity index (χ0v) is 10.4. The Morgan fingerprint density at radius 3 is 2.81 bits per heavy atom. The van der Waals surface area contributed by atoms with E-state index in [1.54, 1.807) is 0 Å². The fraction of sp³-hybridized carbons (Fsp3) is 0.917. The number of hydrogen-bond acceptors (Lipinski definition) is 3. The highest BCUT2D eigenvalue weighted by Crippen LogP contribution is 2.21. The number of ether oxygens (including phenoxy) is 1. The average Bonchev–Trinajstić information content (AvgIpc) is 2.81. The van der Waals surface area contributed by atoms with Crippen molar-refractivity contribution in [3.8, 4) is 0 Å². The first kappa shape index (κ1) is 11.9. The number of hydrogen-bond donors (Lipinski definition) is 1. The van der Waals surface area contributed by atoms with Gasteiger partial charge in [-0.2, -0.15) is 0 Å². The molecule has 2 saturated heterocycles. The third-order valence-corrected chi connectivity index (χ3v) is 3.58. The van der Waals surface area contributed by atoms with Crippen molar-refractivity contribution in [3.05, 3.63) is 0 Å². The second-order valence-corrected chi connectivity index (χ2v) is 5.28. The molecule has 0 radical (unpaired) electrons. The summed E-state index contributed by atoms with van der Waals surface area (Å²) < 4.78 is 5.35. The topological polar surface area (TPSA) is 41.6 Å². The van der Waals surface area contributed by atoms with E-state index in [4.69, 9.17) is 4.74 Å². The van der Waals surface area contributed by atoms with E-state index in [1.807, 2.05) is 4.90 Å². The normalized spacial score (nSPS) is 35.4. The molecule has 16 heavy (non-hydrogen) atoms. The zero-order chi connectivity index (χ0) is 11.7. The third kappa shape index (κ3) is 2.23. The van der Waals surface area contributed by atoms with E-state index >= 15 is 0 Å². The molecule has 2 rings (SSSR count). The summed E-state index contributed by atoms with van der Waals surface area (Å²) in [6.07, 6.45) is 1.25. The molecule has 2 fully saturated rings. The molecule has 3 atom stereocenters. The number of amides is 1. The highest BCUT2D eigenvalue weighted by Gasteiger charge is 2.39. The van der Waals surface area contributed by atoms with Crippen molar-refractivity contribution < 1.29 is 9.53 Å². The van der Waals surface area contributed by atoms with E-state index in [0.717, 1.165) is 26.2 Å². The van der Waals surface area contributed by atoms with Crippen LogP contribution in [0, 0.1) is 11.8 Å². The summed E-state index contributed by atoms with van der Waals surface area (Å²) in [5.41, 5.74) is 0. The highest BCUT2D eigenvalue weighted by atomic mass is 16.5. The van der Waals surface area contributed by atoms with Crippen molar-refractivity contribution in [3.63, 3.8) is 0 Å². The lowest BCUT2D eigenvalue weighted by molar-refractivity contribution is -0.131. The van der Waals surface area contributed by atoms with Crippen molar-refractivity contribution >= 4 is 5.91 Å². The maximum atomic E-state index is 12.2. The van der Waals surface area contributed by atoms with E-state index in [2.05, 4.69) is 26.1 Å². The second kappa shape index (κ2) is 4.72. The molecule has 3 unspecified atom stereocenters. The van der Waals surface area contributed by atoms with Gasteiger partial charge in [-0.05, 0) is 19.3 Å². The molecule has 0 aromatic carbocycles. The molecule has 0 spiro atoms. The van der Waals surface area contributed by atoms with Gasteiger partial charge in [0.2, 0.25) is 5.91 Å². The van der Waals surface area contributed by atoms with Gasteiger partial charge in [-0.15, -0.1) is 0 Å². The minimum absolute atomic E-state index is 0.00248. The van der Waals surface area contributed by atoms with E-state index in [-0.39, 0.29) is 18.1 Å². The Bertz CT molecular complexity index is 262. The number of rotatable bonds is 3. The summed E-state index contributed by atoms with van der Waals surface area (Å²) in [6.45, 7) is 8.74. The van der Waals surface area contributed by atoms with Gasteiger partial charge in [0.25, 0.3) is 0 Å². The highest BCUT2D eigenvalue weighted by molar-refractivity contribution is 5.84. The van der Waals surface area contributed by atoms with Crippen LogP contribution in [0.1, 0.15) is 27.2 Å². The first-order valence-corrected chi connectivity index (χ1v) is 6.24. The standard InChI is InChI=1S/C12H22N2O2/c1-8(2)11-12(15)14(9(3)13-11)6-10-4-5-16-7-10/h8-11,13H,4-7H2,1-3H3. The SMILES string of the molecule is CC(C)C1NC(C)N(CC2CCOC2)C1=O. The monoisotopic (exact) mass is 226 g/mol. The maximum Gasteiger partial charge on any atom is 0.241 e. The molecular weight excluding hydrogens is 204 g/mol. The van der Waals surface area contributed by atoms with Crippen LogP contribution in [0.2, 0.25) is 0 Å². The predicted octanol–water partition coefficient (Wildman–Crippen LogP) is 0.825. The minimum atomic E-state index is -0.00248. The summed E-state index contributed by atoms with van der Waals surface area (Å²) in [5.74, 6) is 1.15. The minimum Gasteiger partial charge on any atom is -0.381 e. The van der Waals surface area contributed by atoms with Crippen LogP contribution in [-0.2, 0) is 9.53 Å². The molecule has 0 bridgehead atoms. The van der Waals surface area contributed by atoms with Crippen LogP contribution in [0.4, 0.5) is 0 Å². The van der Waals surface area contributed by atoms with Gasteiger partial charge >= 0.3 is 0 Å². The van der Waals surface area contributed by atoms with Crippen LogP contribution in [0.15, 0.2) is 0 Å².